The van der Waals surface area contributed by atoms with Gasteiger partial charge in [-0.2, -0.15) is 0 Å². The van der Waals surface area contributed by atoms with Gasteiger partial charge in [-0.25, -0.2) is 4.79 Å². The van der Waals surface area contributed by atoms with Gasteiger partial charge >= 0.3 is 5.97 Å². The highest BCUT2D eigenvalue weighted by molar-refractivity contribution is 9.10. The molecule has 2 aromatic carbocycles. The lowest BCUT2D eigenvalue weighted by molar-refractivity contribution is -0.122. The first kappa shape index (κ1) is 25.1. The monoisotopic (exact) mass is 546 g/mol. The van der Waals surface area contributed by atoms with Gasteiger partial charge in [-0.1, -0.05) is 54.7 Å². The molecule has 0 bridgehead atoms. The first-order valence-corrected chi connectivity index (χ1v) is 12.4. The number of hydrogen-bond donors (Lipinski definition) is 1. The molecule has 2 aromatic rings. The number of benzene rings is 2. The van der Waals surface area contributed by atoms with Crippen LogP contribution in [-0.4, -0.2) is 40.7 Å². The van der Waals surface area contributed by atoms with Crippen molar-refractivity contribution in [3.63, 3.8) is 0 Å². The predicted molar refractivity (Wildman–Crippen MR) is 139 cm³/mol. The SMILES string of the molecule is COC(=O)c1ccc(C=C2SC(=S)N(CCCCCC(=O)Nc3ccccc3Br)C2=O)cc1. The third-order valence-corrected chi connectivity index (χ3v) is 7.01. The standard InChI is InChI=1S/C24H23BrN2O4S2/c1-31-23(30)17-12-10-16(11-13-17)15-20-22(29)27(24(32)33-20)14-6-2-3-9-21(28)26-19-8-5-4-7-18(19)25/h4-5,7-8,10-13,15H,2-3,6,9,14H2,1H3,(H,26,28). The topological polar surface area (TPSA) is 75.7 Å². The average Bonchev–Trinajstić information content (AvgIpc) is 3.07. The van der Waals surface area contributed by atoms with Gasteiger partial charge in [0.15, 0.2) is 0 Å². The molecule has 0 unspecified atom stereocenters. The maximum absolute atomic E-state index is 12.8. The molecule has 1 N–H and O–H groups in total. The van der Waals surface area contributed by atoms with Crippen molar-refractivity contribution in [2.75, 3.05) is 19.0 Å². The van der Waals surface area contributed by atoms with Crippen LogP contribution in [0.25, 0.3) is 6.08 Å². The van der Waals surface area contributed by atoms with Crippen LogP contribution < -0.4 is 5.32 Å². The molecular formula is C24H23BrN2O4S2. The van der Waals surface area contributed by atoms with Crippen LogP contribution in [0.1, 0.15) is 41.6 Å². The number of hydrogen-bond acceptors (Lipinski definition) is 6. The van der Waals surface area contributed by atoms with E-state index in [0.717, 1.165) is 35.0 Å². The maximum atomic E-state index is 12.8. The van der Waals surface area contributed by atoms with Crippen molar-refractivity contribution in [3.05, 3.63) is 69.0 Å². The van der Waals surface area contributed by atoms with E-state index in [1.807, 2.05) is 24.3 Å². The molecule has 0 radical (unpaired) electrons. The molecule has 6 nitrogen and oxygen atoms in total. The summed E-state index contributed by atoms with van der Waals surface area (Å²) >= 11 is 10.1. The predicted octanol–water partition coefficient (Wildman–Crippen LogP) is 5.64. The minimum atomic E-state index is -0.404. The summed E-state index contributed by atoms with van der Waals surface area (Å²) in [7, 11) is 1.33. The minimum absolute atomic E-state index is 0.0336. The second-order valence-electron chi connectivity index (χ2n) is 7.29. The number of para-hydroxylation sites is 1. The van der Waals surface area contributed by atoms with Crippen molar-refractivity contribution in [2.24, 2.45) is 0 Å². The van der Waals surface area contributed by atoms with Gasteiger partial charge in [0.25, 0.3) is 5.91 Å². The van der Waals surface area contributed by atoms with Gasteiger partial charge in [0.2, 0.25) is 5.91 Å². The zero-order chi connectivity index (χ0) is 23.8. The minimum Gasteiger partial charge on any atom is -0.465 e. The number of esters is 1. The lowest BCUT2D eigenvalue weighted by atomic mass is 10.1. The summed E-state index contributed by atoms with van der Waals surface area (Å²) in [6.45, 7) is 0.523. The molecule has 9 heteroatoms. The van der Waals surface area contributed by atoms with E-state index in [4.69, 9.17) is 17.0 Å². The number of methoxy groups -OCH3 is 1. The Morgan fingerprint density at radius 1 is 1.12 bits per heavy atom. The Hall–Kier alpha value is -2.49. The van der Waals surface area contributed by atoms with Crippen LogP contribution in [0.2, 0.25) is 0 Å². The average molecular weight is 547 g/mol. The molecule has 0 spiro atoms. The second kappa shape index (κ2) is 12.1. The van der Waals surface area contributed by atoms with E-state index in [0.29, 0.717) is 27.8 Å². The number of anilines is 1. The van der Waals surface area contributed by atoms with Gasteiger partial charge in [0, 0.05) is 17.4 Å². The quantitative estimate of drug-likeness (QED) is 0.190. The van der Waals surface area contributed by atoms with Crippen LogP contribution in [0.5, 0.6) is 0 Å². The van der Waals surface area contributed by atoms with Gasteiger partial charge in [-0.15, -0.1) is 0 Å². The molecule has 1 aliphatic rings. The highest BCUT2D eigenvalue weighted by Gasteiger charge is 2.31. The molecule has 1 heterocycles. The molecule has 33 heavy (non-hydrogen) atoms. The van der Waals surface area contributed by atoms with Crippen LogP contribution in [0.4, 0.5) is 5.69 Å². The molecule has 172 valence electrons. The lowest BCUT2D eigenvalue weighted by Gasteiger charge is -2.14. The number of thiocarbonyl (C=S) groups is 1. The van der Waals surface area contributed by atoms with Crippen molar-refractivity contribution in [1.82, 2.24) is 4.90 Å². The Bertz CT molecular complexity index is 1090. The van der Waals surface area contributed by atoms with E-state index in [2.05, 4.69) is 21.2 Å². The van der Waals surface area contributed by atoms with Gasteiger partial charge < -0.3 is 10.1 Å². The van der Waals surface area contributed by atoms with Crippen LogP contribution in [-0.2, 0) is 14.3 Å². The zero-order valence-electron chi connectivity index (χ0n) is 18.0. The fourth-order valence-corrected chi connectivity index (χ4v) is 4.88. The summed E-state index contributed by atoms with van der Waals surface area (Å²) in [5, 5.41) is 2.89. The number of carbonyl (C=O) groups excluding carboxylic acids is 3. The summed E-state index contributed by atoms with van der Waals surface area (Å²) < 4.78 is 6.07. The molecule has 2 amide bonds. The summed E-state index contributed by atoms with van der Waals surface area (Å²) in [5.74, 6) is -0.555. The van der Waals surface area contributed by atoms with E-state index in [-0.39, 0.29) is 11.8 Å². The Kier molecular flexibility index (Phi) is 9.22. The largest absolute Gasteiger partial charge is 0.465 e. The summed E-state index contributed by atoms with van der Waals surface area (Å²) in [6, 6.07) is 14.3. The molecule has 0 aromatic heterocycles. The number of carbonyl (C=O) groups is 3. The third-order valence-electron chi connectivity index (χ3n) is 4.94. The summed E-state index contributed by atoms with van der Waals surface area (Å²) in [5.41, 5.74) is 2.01. The van der Waals surface area contributed by atoms with E-state index in [1.165, 1.54) is 18.9 Å². The van der Waals surface area contributed by atoms with Crippen molar-refractivity contribution >= 4 is 73.8 Å². The Morgan fingerprint density at radius 3 is 2.55 bits per heavy atom. The smallest absolute Gasteiger partial charge is 0.337 e. The molecular weight excluding hydrogens is 524 g/mol. The van der Waals surface area contributed by atoms with Gasteiger partial charge in [-0.3, -0.25) is 14.5 Å². The Morgan fingerprint density at radius 2 is 1.85 bits per heavy atom. The molecule has 1 saturated heterocycles. The molecule has 0 saturated carbocycles. The van der Waals surface area contributed by atoms with Crippen molar-refractivity contribution in [1.29, 1.82) is 0 Å². The fourth-order valence-electron chi connectivity index (χ4n) is 3.18. The molecule has 1 aliphatic heterocycles. The molecule has 3 rings (SSSR count). The third kappa shape index (κ3) is 6.99. The number of halogens is 1. The first-order valence-electron chi connectivity index (χ1n) is 10.4. The van der Waals surface area contributed by atoms with E-state index in [1.54, 1.807) is 35.2 Å². The fraction of sp³-hybridized carbons (Fsp3) is 0.250. The zero-order valence-corrected chi connectivity index (χ0v) is 21.2. The number of amides is 2. The molecule has 1 fully saturated rings. The van der Waals surface area contributed by atoms with Crippen LogP contribution >= 0.6 is 39.9 Å². The summed E-state index contributed by atoms with van der Waals surface area (Å²) in [4.78, 5) is 38.6. The van der Waals surface area contributed by atoms with Crippen molar-refractivity contribution in [2.45, 2.75) is 25.7 Å². The van der Waals surface area contributed by atoms with E-state index in [9.17, 15) is 14.4 Å². The van der Waals surface area contributed by atoms with Gasteiger partial charge in [-0.05, 0) is 64.7 Å². The number of nitrogens with one attached hydrogen (secondary N) is 1. The maximum Gasteiger partial charge on any atom is 0.337 e. The molecule has 0 aliphatic carbocycles. The number of rotatable bonds is 9. The van der Waals surface area contributed by atoms with Crippen molar-refractivity contribution in [3.8, 4) is 0 Å². The first-order chi connectivity index (χ1) is 15.9. The van der Waals surface area contributed by atoms with Crippen LogP contribution in [0.15, 0.2) is 57.9 Å². The number of thioether (sulfide) groups is 1. The second-order valence-corrected chi connectivity index (χ2v) is 9.82. The lowest BCUT2D eigenvalue weighted by Crippen LogP contribution is -2.29. The van der Waals surface area contributed by atoms with Crippen LogP contribution in [0, 0.1) is 0 Å². The normalized spacial score (nSPS) is 14.6. The number of nitrogens with zero attached hydrogens (tertiary/aromatic N) is 1. The Balaban J connectivity index is 1.44. The summed E-state index contributed by atoms with van der Waals surface area (Å²) in [6.07, 6.45) is 4.49. The number of ether oxygens (including phenoxy) is 1. The number of unbranched alkanes of at least 4 members (excludes halogenated alkanes) is 2. The molecule has 0 atom stereocenters. The highest BCUT2D eigenvalue weighted by Crippen LogP contribution is 2.33. The van der Waals surface area contributed by atoms with E-state index < -0.39 is 5.97 Å². The van der Waals surface area contributed by atoms with Crippen molar-refractivity contribution < 1.29 is 19.1 Å². The van der Waals surface area contributed by atoms with E-state index >= 15 is 0 Å². The van der Waals surface area contributed by atoms with Gasteiger partial charge in [0.05, 0.1) is 23.3 Å². The van der Waals surface area contributed by atoms with Crippen LogP contribution in [0.3, 0.4) is 0 Å². The highest BCUT2D eigenvalue weighted by atomic mass is 79.9. The van der Waals surface area contributed by atoms with Gasteiger partial charge in [0.1, 0.15) is 4.32 Å². The Labute approximate surface area is 210 Å².